The number of rotatable bonds is 3. The van der Waals surface area contributed by atoms with E-state index in [0.717, 1.165) is 24.0 Å². The Hall–Kier alpha value is -0.560. The number of halogens is 2. The lowest BCUT2D eigenvalue weighted by atomic mass is 10.0. The van der Waals surface area contributed by atoms with Crippen LogP contribution < -0.4 is 0 Å². The zero-order valence-electron chi connectivity index (χ0n) is 8.03. The van der Waals surface area contributed by atoms with E-state index in [0.29, 0.717) is 5.56 Å². The fourth-order valence-electron chi connectivity index (χ4n) is 1.43. The van der Waals surface area contributed by atoms with E-state index in [2.05, 4.69) is 0 Å². The molecule has 0 aliphatic heterocycles. The molecule has 0 saturated heterocycles. The Kier molecular flexibility index (Phi) is 3.73. The summed E-state index contributed by atoms with van der Waals surface area (Å²) in [7, 11) is 0. The van der Waals surface area contributed by atoms with Crippen LogP contribution in [-0.4, -0.2) is 0 Å². The van der Waals surface area contributed by atoms with Crippen molar-refractivity contribution >= 4 is 11.6 Å². The van der Waals surface area contributed by atoms with Crippen LogP contribution in [0.2, 0.25) is 0 Å². The second-order valence-electron chi connectivity index (χ2n) is 3.22. The molecule has 1 aromatic carbocycles. The number of benzene rings is 1. The van der Waals surface area contributed by atoms with E-state index in [1.165, 1.54) is 0 Å². The van der Waals surface area contributed by atoms with Crippen LogP contribution in [-0.2, 0) is 12.3 Å². The molecule has 0 N–H and O–H groups in total. The van der Waals surface area contributed by atoms with Gasteiger partial charge in [-0.25, -0.2) is 4.39 Å². The highest BCUT2D eigenvalue weighted by atomic mass is 35.5. The lowest BCUT2D eigenvalue weighted by Gasteiger charge is -2.08. The van der Waals surface area contributed by atoms with Gasteiger partial charge in [0, 0.05) is 5.56 Å². The number of aryl methyl sites for hydroxylation is 1. The van der Waals surface area contributed by atoms with Gasteiger partial charge in [0.15, 0.2) is 0 Å². The summed E-state index contributed by atoms with van der Waals surface area (Å²) in [4.78, 5) is 0. The Balaban J connectivity index is 3.13. The predicted octanol–water partition coefficient (Wildman–Crippen LogP) is 3.83. The van der Waals surface area contributed by atoms with Crippen molar-refractivity contribution in [2.24, 2.45) is 0 Å². The van der Waals surface area contributed by atoms with E-state index >= 15 is 0 Å². The first-order valence-electron chi connectivity index (χ1n) is 4.53. The number of alkyl halides is 1. The topological polar surface area (TPSA) is 0 Å². The van der Waals surface area contributed by atoms with Gasteiger partial charge in [-0.15, -0.1) is 11.6 Å². The molecule has 0 aliphatic rings. The number of hydrogen-bond donors (Lipinski definition) is 0. The SMILES string of the molecule is CCCc1c(C)ccc(CCl)c1F. The van der Waals surface area contributed by atoms with Crippen molar-refractivity contribution in [2.75, 3.05) is 0 Å². The van der Waals surface area contributed by atoms with Gasteiger partial charge in [-0.1, -0.05) is 25.5 Å². The summed E-state index contributed by atoms with van der Waals surface area (Å²) in [5.41, 5.74) is 2.45. The maximum absolute atomic E-state index is 13.6. The van der Waals surface area contributed by atoms with Gasteiger partial charge in [0.1, 0.15) is 5.82 Å². The molecule has 0 aliphatic carbocycles. The molecule has 13 heavy (non-hydrogen) atoms. The summed E-state index contributed by atoms with van der Waals surface area (Å²) < 4.78 is 13.6. The molecular weight excluding hydrogens is 187 g/mol. The van der Waals surface area contributed by atoms with E-state index < -0.39 is 0 Å². The second kappa shape index (κ2) is 4.61. The quantitative estimate of drug-likeness (QED) is 0.651. The van der Waals surface area contributed by atoms with E-state index in [9.17, 15) is 4.39 Å². The van der Waals surface area contributed by atoms with Crippen molar-refractivity contribution in [2.45, 2.75) is 32.6 Å². The second-order valence-corrected chi connectivity index (χ2v) is 3.49. The number of hydrogen-bond acceptors (Lipinski definition) is 0. The van der Waals surface area contributed by atoms with Crippen molar-refractivity contribution in [3.8, 4) is 0 Å². The molecule has 0 amide bonds. The molecular formula is C11H14ClF. The van der Waals surface area contributed by atoms with Crippen LogP contribution >= 0.6 is 11.6 Å². The molecule has 1 rings (SSSR count). The van der Waals surface area contributed by atoms with Crippen molar-refractivity contribution < 1.29 is 4.39 Å². The van der Waals surface area contributed by atoms with Crippen molar-refractivity contribution in [1.29, 1.82) is 0 Å². The van der Waals surface area contributed by atoms with Gasteiger partial charge in [0.05, 0.1) is 5.88 Å². The van der Waals surface area contributed by atoms with Gasteiger partial charge < -0.3 is 0 Å². The minimum Gasteiger partial charge on any atom is -0.206 e. The lowest BCUT2D eigenvalue weighted by Crippen LogP contribution is -1.98. The standard InChI is InChI=1S/C11H14ClF/c1-3-4-10-8(2)5-6-9(7-12)11(10)13/h5-6H,3-4,7H2,1-2H3. The Morgan fingerprint density at radius 2 is 2.08 bits per heavy atom. The minimum absolute atomic E-state index is 0.114. The zero-order chi connectivity index (χ0) is 9.84. The summed E-state index contributed by atoms with van der Waals surface area (Å²) in [6.45, 7) is 3.98. The van der Waals surface area contributed by atoms with E-state index in [1.54, 1.807) is 6.07 Å². The molecule has 0 bridgehead atoms. The Bertz CT molecular complexity index is 294. The molecule has 0 aromatic heterocycles. The highest BCUT2D eigenvalue weighted by Crippen LogP contribution is 2.20. The maximum atomic E-state index is 13.6. The molecule has 72 valence electrons. The molecule has 0 saturated carbocycles. The van der Waals surface area contributed by atoms with Crippen LogP contribution in [0.1, 0.15) is 30.0 Å². The van der Waals surface area contributed by atoms with Gasteiger partial charge in [-0.3, -0.25) is 0 Å². The summed E-state index contributed by atoms with van der Waals surface area (Å²) in [6.07, 6.45) is 1.76. The average molecular weight is 201 g/mol. The summed E-state index contributed by atoms with van der Waals surface area (Å²) in [5, 5.41) is 0. The smallest absolute Gasteiger partial charge is 0.131 e. The fourth-order valence-corrected chi connectivity index (χ4v) is 1.63. The van der Waals surface area contributed by atoms with Crippen LogP contribution in [0.15, 0.2) is 12.1 Å². The van der Waals surface area contributed by atoms with E-state index in [-0.39, 0.29) is 11.7 Å². The maximum Gasteiger partial charge on any atom is 0.131 e. The van der Waals surface area contributed by atoms with Crippen molar-refractivity contribution in [3.05, 3.63) is 34.6 Å². The van der Waals surface area contributed by atoms with Crippen molar-refractivity contribution in [3.63, 3.8) is 0 Å². The fraction of sp³-hybridized carbons (Fsp3) is 0.455. The first-order chi connectivity index (χ1) is 6.20. The first-order valence-corrected chi connectivity index (χ1v) is 5.07. The summed E-state index contributed by atoms with van der Waals surface area (Å²) in [5.74, 6) is 0.139. The monoisotopic (exact) mass is 200 g/mol. The highest BCUT2D eigenvalue weighted by molar-refractivity contribution is 6.17. The third-order valence-electron chi connectivity index (χ3n) is 2.20. The third kappa shape index (κ3) is 2.22. The highest BCUT2D eigenvalue weighted by Gasteiger charge is 2.08. The molecule has 0 unspecified atom stereocenters. The van der Waals surface area contributed by atoms with Crippen LogP contribution in [0.5, 0.6) is 0 Å². The third-order valence-corrected chi connectivity index (χ3v) is 2.49. The Morgan fingerprint density at radius 1 is 1.38 bits per heavy atom. The van der Waals surface area contributed by atoms with Crippen LogP contribution in [0.3, 0.4) is 0 Å². The molecule has 0 atom stereocenters. The van der Waals surface area contributed by atoms with Gasteiger partial charge in [0.2, 0.25) is 0 Å². The Morgan fingerprint density at radius 3 is 2.62 bits per heavy atom. The van der Waals surface area contributed by atoms with Crippen LogP contribution in [0.4, 0.5) is 4.39 Å². The molecule has 0 radical (unpaired) electrons. The minimum atomic E-state index is -0.114. The molecule has 0 spiro atoms. The van der Waals surface area contributed by atoms with Gasteiger partial charge >= 0.3 is 0 Å². The van der Waals surface area contributed by atoms with Crippen LogP contribution in [0, 0.1) is 12.7 Å². The lowest BCUT2D eigenvalue weighted by molar-refractivity contribution is 0.595. The predicted molar refractivity (Wildman–Crippen MR) is 54.7 cm³/mol. The van der Waals surface area contributed by atoms with E-state index in [1.807, 2.05) is 19.9 Å². The molecule has 2 heteroatoms. The normalized spacial score (nSPS) is 10.5. The molecule has 1 aromatic rings. The molecule has 0 nitrogen and oxygen atoms in total. The van der Waals surface area contributed by atoms with Gasteiger partial charge in [0.25, 0.3) is 0 Å². The van der Waals surface area contributed by atoms with E-state index in [4.69, 9.17) is 11.6 Å². The summed E-state index contributed by atoms with van der Waals surface area (Å²) >= 11 is 5.62. The molecule has 0 fully saturated rings. The first kappa shape index (κ1) is 10.5. The van der Waals surface area contributed by atoms with Gasteiger partial charge in [-0.05, 0) is 24.5 Å². The van der Waals surface area contributed by atoms with Gasteiger partial charge in [-0.2, -0.15) is 0 Å². The average Bonchev–Trinajstić information content (AvgIpc) is 2.12. The van der Waals surface area contributed by atoms with Crippen molar-refractivity contribution in [1.82, 2.24) is 0 Å². The zero-order valence-corrected chi connectivity index (χ0v) is 8.79. The Labute approximate surface area is 83.7 Å². The molecule has 0 heterocycles. The van der Waals surface area contributed by atoms with Crippen LogP contribution in [0.25, 0.3) is 0 Å². The largest absolute Gasteiger partial charge is 0.206 e. The summed E-state index contributed by atoms with van der Waals surface area (Å²) in [6, 6.07) is 3.70.